The molecular weight excluding hydrogens is 256 g/mol. The molecule has 1 heterocycles. The largest absolute Gasteiger partial charge is 0.497 e. The predicted molar refractivity (Wildman–Crippen MR) is 75.7 cm³/mol. The van der Waals surface area contributed by atoms with Gasteiger partial charge in [0, 0.05) is 28.9 Å². The number of H-pyrrole nitrogens is 1. The van der Waals surface area contributed by atoms with Crippen molar-refractivity contribution < 1.29 is 9.53 Å². The average molecular weight is 272 g/mol. The molecule has 0 bridgehead atoms. The van der Waals surface area contributed by atoms with Gasteiger partial charge in [-0.05, 0) is 37.1 Å². The lowest BCUT2D eigenvalue weighted by atomic mass is 10.1. The Kier molecular flexibility index (Phi) is 3.18. The summed E-state index contributed by atoms with van der Waals surface area (Å²) in [5.74, 6) is 0.919. The number of aromatic nitrogens is 1. The van der Waals surface area contributed by atoms with Crippen molar-refractivity contribution in [1.82, 2.24) is 10.3 Å². The molecule has 5 nitrogen and oxygen atoms in total. The van der Waals surface area contributed by atoms with Gasteiger partial charge in [-0.1, -0.05) is 0 Å². The minimum atomic E-state index is -0.168. The van der Waals surface area contributed by atoms with Crippen molar-refractivity contribution in [3.63, 3.8) is 0 Å². The van der Waals surface area contributed by atoms with Crippen molar-refractivity contribution >= 4 is 16.8 Å². The van der Waals surface area contributed by atoms with E-state index in [1.807, 2.05) is 12.1 Å². The van der Waals surface area contributed by atoms with E-state index in [-0.39, 0.29) is 23.9 Å². The molecule has 104 valence electrons. The van der Waals surface area contributed by atoms with Crippen LogP contribution in [0, 0.1) is 5.92 Å². The summed E-state index contributed by atoms with van der Waals surface area (Å²) in [6.45, 7) is 0.262. The number of carbonyl (C=O) groups excluding carboxylic acids is 1. The first kappa shape index (κ1) is 12.7. The lowest BCUT2D eigenvalue weighted by molar-refractivity contribution is -0.122. The van der Waals surface area contributed by atoms with Crippen molar-refractivity contribution in [2.75, 3.05) is 7.11 Å². The van der Waals surface area contributed by atoms with Crippen LogP contribution in [0.25, 0.3) is 10.9 Å². The molecule has 1 aliphatic carbocycles. The number of pyridine rings is 1. The van der Waals surface area contributed by atoms with Gasteiger partial charge in [0.1, 0.15) is 5.75 Å². The first-order chi connectivity index (χ1) is 9.67. The Morgan fingerprint density at radius 1 is 1.40 bits per heavy atom. The molecule has 1 aliphatic rings. The van der Waals surface area contributed by atoms with Gasteiger partial charge in [0.05, 0.1) is 7.11 Å². The van der Waals surface area contributed by atoms with Gasteiger partial charge in [-0.2, -0.15) is 0 Å². The van der Waals surface area contributed by atoms with Crippen LogP contribution >= 0.6 is 0 Å². The number of carbonyl (C=O) groups is 1. The Morgan fingerprint density at radius 2 is 2.20 bits per heavy atom. The van der Waals surface area contributed by atoms with E-state index in [4.69, 9.17) is 4.74 Å². The maximum atomic E-state index is 11.9. The van der Waals surface area contributed by atoms with Crippen molar-refractivity contribution in [3.05, 3.63) is 40.2 Å². The summed E-state index contributed by atoms with van der Waals surface area (Å²) in [5.41, 5.74) is 1.14. The highest BCUT2D eigenvalue weighted by atomic mass is 16.5. The van der Waals surface area contributed by atoms with Crippen LogP contribution in [0.5, 0.6) is 5.75 Å². The van der Waals surface area contributed by atoms with E-state index in [0.29, 0.717) is 5.56 Å². The topological polar surface area (TPSA) is 71.2 Å². The van der Waals surface area contributed by atoms with Crippen LogP contribution in [0.2, 0.25) is 0 Å². The smallest absolute Gasteiger partial charge is 0.253 e. The molecule has 1 saturated carbocycles. The minimum absolute atomic E-state index is 0.0372. The molecule has 0 saturated heterocycles. The van der Waals surface area contributed by atoms with Crippen LogP contribution in [-0.4, -0.2) is 18.0 Å². The molecule has 1 amide bonds. The number of methoxy groups -OCH3 is 1. The summed E-state index contributed by atoms with van der Waals surface area (Å²) in [5, 5.41) is 3.69. The molecule has 0 atom stereocenters. The maximum absolute atomic E-state index is 11.9. The molecule has 0 aliphatic heterocycles. The highest BCUT2D eigenvalue weighted by molar-refractivity contribution is 5.82. The van der Waals surface area contributed by atoms with E-state index in [1.54, 1.807) is 19.2 Å². The molecule has 0 spiro atoms. The molecule has 1 aromatic heterocycles. The second-order valence-electron chi connectivity index (χ2n) is 5.07. The summed E-state index contributed by atoms with van der Waals surface area (Å²) in [6.07, 6.45) is 1.91. The van der Waals surface area contributed by atoms with E-state index >= 15 is 0 Å². The number of ether oxygens (including phenoxy) is 1. The van der Waals surface area contributed by atoms with Gasteiger partial charge in [0.2, 0.25) is 5.91 Å². The van der Waals surface area contributed by atoms with Gasteiger partial charge in [0.15, 0.2) is 0 Å². The van der Waals surface area contributed by atoms with Crippen LogP contribution in [0.1, 0.15) is 18.4 Å². The van der Waals surface area contributed by atoms with Crippen LogP contribution in [0.4, 0.5) is 0 Å². The lowest BCUT2D eigenvalue weighted by Crippen LogP contribution is -2.27. The van der Waals surface area contributed by atoms with Crippen LogP contribution < -0.4 is 15.6 Å². The Labute approximate surface area is 116 Å². The Morgan fingerprint density at radius 3 is 2.90 bits per heavy atom. The zero-order valence-corrected chi connectivity index (χ0v) is 11.2. The zero-order chi connectivity index (χ0) is 14.1. The fourth-order valence-electron chi connectivity index (χ4n) is 2.16. The van der Waals surface area contributed by atoms with Gasteiger partial charge >= 0.3 is 0 Å². The highest BCUT2D eigenvalue weighted by Crippen LogP contribution is 2.28. The summed E-state index contributed by atoms with van der Waals surface area (Å²) in [6, 6.07) is 7.26. The first-order valence-corrected chi connectivity index (χ1v) is 6.65. The Balaban J connectivity index is 1.87. The molecule has 0 unspecified atom stereocenters. The predicted octanol–water partition coefficient (Wildman–Crippen LogP) is 1.56. The fourth-order valence-corrected chi connectivity index (χ4v) is 2.16. The van der Waals surface area contributed by atoms with E-state index in [0.717, 1.165) is 29.5 Å². The van der Waals surface area contributed by atoms with Gasteiger partial charge in [-0.3, -0.25) is 9.59 Å². The van der Waals surface area contributed by atoms with Crippen molar-refractivity contribution in [1.29, 1.82) is 0 Å². The molecule has 1 aromatic carbocycles. The lowest BCUT2D eigenvalue weighted by Gasteiger charge is -2.06. The Hall–Kier alpha value is -2.30. The highest BCUT2D eigenvalue weighted by Gasteiger charge is 2.29. The second-order valence-corrected chi connectivity index (χ2v) is 5.07. The number of hydrogen-bond acceptors (Lipinski definition) is 3. The molecule has 0 radical (unpaired) electrons. The van der Waals surface area contributed by atoms with Gasteiger partial charge < -0.3 is 15.0 Å². The second kappa shape index (κ2) is 5.00. The van der Waals surface area contributed by atoms with Crippen LogP contribution in [-0.2, 0) is 11.3 Å². The van der Waals surface area contributed by atoms with Crippen molar-refractivity contribution in [3.8, 4) is 5.75 Å². The normalized spacial score (nSPS) is 14.2. The number of nitrogens with one attached hydrogen (secondary N) is 2. The summed E-state index contributed by atoms with van der Waals surface area (Å²) in [7, 11) is 1.60. The average Bonchev–Trinajstić information content (AvgIpc) is 3.29. The number of aromatic amines is 1. The number of fused-ring (bicyclic) bond motifs is 1. The third kappa shape index (κ3) is 2.52. The van der Waals surface area contributed by atoms with Crippen molar-refractivity contribution in [2.24, 2.45) is 5.92 Å². The summed E-state index contributed by atoms with van der Waals surface area (Å²) < 4.78 is 5.17. The standard InChI is InChI=1S/C15H16N2O3/c1-20-12-4-5-13-10(7-12)6-11(15(19)17-13)8-16-14(18)9-2-3-9/h4-7,9H,2-3,8H2,1H3,(H,16,18)(H,17,19). The SMILES string of the molecule is COc1ccc2[nH]c(=O)c(CNC(=O)C3CC3)cc2c1. The molecule has 5 heteroatoms. The third-order valence-corrected chi connectivity index (χ3v) is 3.53. The van der Waals surface area contributed by atoms with Crippen LogP contribution in [0.15, 0.2) is 29.1 Å². The molecule has 2 N–H and O–H groups in total. The van der Waals surface area contributed by atoms with E-state index < -0.39 is 0 Å². The molecule has 3 rings (SSSR count). The number of hydrogen-bond donors (Lipinski definition) is 2. The quantitative estimate of drug-likeness (QED) is 0.887. The molecular formula is C15H16N2O3. The third-order valence-electron chi connectivity index (χ3n) is 3.53. The zero-order valence-electron chi connectivity index (χ0n) is 11.2. The molecule has 2 aromatic rings. The minimum Gasteiger partial charge on any atom is -0.497 e. The number of amides is 1. The van der Waals surface area contributed by atoms with Gasteiger partial charge in [-0.15, -0.1) is 0 Å². The van der Waals surface area contributed by atoms with Crippen LogP contribution in [0.3, 0.4) is 0 Å². The monoisotopic (exact) mass is 272 g/mol. The summed E-state index contributed by atoms with van der Waals surface area (Å²) in [4.78, 5) is 26.4. The van der Waals surface area contributed by atoms with E-state index in [9.17, 15) is 9.59 Å². The van der Waals surface area contributed by atoms with E-state index in [1.165, 1.54) is 0 Å². The summed E-state index contributed by atoms with van der Waals surface area (Å²) >= 11 is 0. The number of rotatable bonds is 4. The van der Waals surface area contributed by atoms with Crippen molar-refractivity contribution in [2.45, 2.75) is 19.4 Å². The molecule has 1 fully saturated rings. The van der Waals surface area contributed by atoms with Gasteiger partial charge in [-0.25, -0.2) is 0 Å². The maximum Gasteiger partial charge on any atom is 0.253 e. The fraction of sp³-hybridized carbons (Fsp3) is 0.333. The van der Waals surface area contributed by atoms with E-state index in [2.05, 4.69) is 10.3 Å². The van der Waals surface area contributed by atoms with Gasteiger partial charge in [0.25, 0.3) is 5.56 Å². The Bertz CT molecular complexity index is 717. The molecule has 20 heavy (non-hydrogen) atoms. The number of benzene rings is 1. The first-order valence-electron chi connectivity index (χ1n) is 6.65.